The Morgan fingerprint density at radius 3 is 1.81 bits per heavy atom. The molecule has 4 rings (SSSR count). The molecule has 4 atom stereocenters. The van der Waals surface area contributed by atoms with Crippen molar-refractivity contribution in [1.29, 1.82) is 0 Å². The topological polar surface area (TPSA) is 109 Å². The second-order valence-electron chi connectivity index (χ2n) is 10.1. The molecule has 42 heavy (non-hydrogen) atoms. The Labute approximate surface area is 242 Å². The Morgan fingerprint density at radius 2 is 1.29 bits per heavy atom. The van der Waals surface area contributed by atoms with Crippen molar-refractivity contribution in [2.24, 2.45) is 5.92 Å². The van der Waals surface area contributed by atoms with Gasteiger partial charge < -0.3 is 26.0 Å². The fourth-order valence-electron chi connectivity index (χ4n) is 5.18. The van der Waals surface area contributed by atoms with E-state index in [4.69, 9.17) is 4.74 Å². The SMILES string of the molecule is COC(=O)C1CCCCC1NC(=O)NC(c1ccccc1)C(NC(=O)Nc1ccc(C(F)(F)F)cc1)c1ccccc1. The van der Waals surface area contributed by atoms with Gasteiger partial charge in [-0.2, -0.15) is 13.2 Å². The molecule has 4 amide bonds. The van der Waals surface area contributed by atoms with Gasteiger partial charge in [-0.3, -0.25) is 4.79 Å². The summed E-state index contributed by atoms with van der Waals surface area (Å²) < 4.78 is 43.8. The van der Waals surface area contributed by atoms with Crippen LogP contribution in [0.2, 0.25) is 0 Å². The van der Waals surface area contributed by atoms with Gasteiger partial charge in [0.1, 0.15) is 0 Å². The van der Waals surface area contributed by atoms with Gasteiger partial charge in [0, 0.05) is 11.7 Å². The number of benzene rings is 3. The van der Waals surface area contributed by atoms with Crippen LogP contribution < -0.4 is 21.3 Å². The second kappa shape index (κ2) is 13.9. The lowest BCUT2D eigenvalue weighted by Gasteiger charge is -2.33. The van der Waals surface area contributed by atoms with Gasteiger partial charge in [0.2, 0.25) is 0 Å². The summed E-state index contributed by atoms with van der Waals surface area (Å²) in [6, 6.07) is 19.0. The Kier molecular flexibility index (Phi) is 10.1. The molecule has 4 unspecified atom stereocenters. The molecule has 1 aliphatic carbocycles. The minimum absolute atomic E-state index is 0.167. The van der Waals surface area contributed by atoms with Gasteiger partial charge >= 0.3 is 24.2 Å². The number of nitrogens with one attached hydrogen (secondary N) is 4. The van der Waals surface area contributed by atoms with Crippen LogP contribution in [0.15, 0.2) is 84.9 Å². The van der Waals surface area contributed by atoms with Gasteiger partial charge in [0.25, 0.3) is 0 Å². The third kappa shape index (κ3) is 8.02. The highest BCUT2D eigenvalue weighted by molar-refractivity contribution is 5.89. The Morgan fingerprint density at radius 1 is 0.762 bits per heavy atom. The number of amides is 4. The predicted molar refractivity (Wildman–Crippen MR) is 151 cm³/mol. The lowest BCUT2D eigenvalue weighted by molar-refractivity contribution is -0.147. The number of hydrogen-bond donors (Lipinski definition) is 4. The van der Waals surface area contributed by atoms with Crippen LogP contribution in [0.5, 0.6) is 0 Å². The summed E-state index contributed by atoms with van der Waals surface area (Å²) in [5.41, 5.74) is 0.714. The maximum absolute atomic E-state index is 13.4. The quantitative estimate of drug-likeness (QED) is 0.233. The van der Waals surface area contributed by atoms with Crippen molar-refractivity contribution in [3.63, 3.8) is 0 Å². The average Bonchev–Trinajstić information content (AvgIpc) is 2.99. The molecule has 0 radical (unpaired) electrons. The van der Waals surface area contributed by atoms with Gasteiger partial charge in [-0.1, -0.05) is 73.5 Å². The zero-order chi connectivity index (χ0) is 30.1. The number of urea groups is 2. The number of anilines is 1. The van der Waals surface area contributed by atoms with Crippen LogP contribution in [0, 0.1) is 5.92 Å². The van der Waals surface area contributed by atoms with E-state index < -0.39 is 47.8 Å². The summed E-state index contributed by atoms with van der Waals surface area (Å²) in [6.07, 6.45) is -1.54. The second-order valence-corrected chi connectivity index (χ2v) is 10.1. The minimum Gasteiger partial charge on any atom is -0.469 e. The molecule has 1 saturated carbocycles. The fourth-order valence-corrected chi connectivity index (χ4v) is 5.18. The molecule has 0 aromatic heterocycles. The molecular formula is C31H33F3N4O4. The van der Waals surface area contributed by atoms with E-state index in [1.165, 1.54) is 19.2 Å². The lowest BCUT2D eigenvalue weighted by Crippen LogP contribution is -2.51. The van der Waals surface area contributed by atoms with E-state index in [1.54, 1.807) is 36.4 Å². The Hall–Kier alpha value is -4.54. The van der Waals surface area contributed by atoms with Crippen molar-refractivity contribution >= 4 is 23.7 Å². The van der Waals surface area contributed by atoms with Crippen molar-refractivity contribution in [2.45, 2.75) is 50.0 Å². The van der Waals surface area contributed by atoms with Crippen LogP contribution in [0.25, 0.3) is 0 Å². The van der Waals surface area contributed by atoms with Crippen molar-refractivity contribution < 1.29 is 32.3 Å². The molecule has 0 aliphatic heterocycles. The highest BCUT2D eigenvalue weighted by atomic mass is 19.4. The van der Waals surface area contributed by atoms with E-state index >= 15 is 0 Å². The number of hydrogen-bond acceptors (Lipinski definition) is 4. The smallest absolute Gasteiger partial charge is 0.416 e. The first-order valence-electron chi connectivity index (χ1n) is 13.6. The molecular weight excluding hydrogens is 549 g/mol. The summed E-state index contributed by atoms with van der Waals surface area (Å²) in [6.45, 7) is 0. The van der Waals surface area contributed by atoms with Gasteiger partial charge in [0.15, 0.2) is 0 Å². The molecule has 3 aromatic carbocycles. The number of halogens is 3. The monoisotopic (exact) mass is 582 g/mol. The summed E-state index contributed by atoms with van der Waals surface area (Å²) in [4.78, 5) is 38.9. The molecule has 0 spiro atoms. The zero-order valence-corrected chi connectivity index (χ0v) is 23.0. The highest BCUT2D eigenvalue weighted by Crippen LogP contribution is 2.32. The van der Waals surface area contributed by atoms with Gasteiger partial charge in [-0.15, -0.1) is 0 Å². The Balaban J connectivity index is 1.57. The first-order chi connectivity index (χ1) is 20.2. The normalized spacial score (nSPS) is 18.2. The van der Waals surface area contributed by atoms with Crippen molar-refractivity contribution in [3.8, 4) is 0 Å². The number of alkyl halides is 3. The molecule has 4 N–H and O–H groups in total. The van der Waals surface area contributed by atoms with E-state index in [0.717, 1.165) is 25.0 Å². The van der Waals surface area contributed by atoms with E-state index in [-0.39, 0.29) is 11.7 Å². The average molecular weight is 583 g/mol. The molecule has 8 nitrogen and oxygen atoms in total. The first kappa shape index (κ1) is 30.4. The summed E-state index contributed by atoms with van der Waals surface area (Å²) in [5, 5.41) is 11.4. The molecule has 0 heterocycles. The molecule has 11 heteroatoms. The van der Waals surface area contributed by atoms with E-state index in [9.17, 15) is 27.6 Å². The van der Waals surface area contributed by atoms with Crippen LogP contribution in [-0.4, -0.2) is 31.2 Å². The predicted octanol–water partition coefficient (Wildman–Crippen LogP) is 6.34. The van der Waals surface area contributed by atoms with Crippen molar-refractivity contribution in [1.82, 2.24) is 16.0 Å². The van der Waals surface area contributed by atoms with Crippen LogP contribution >= 0.6 is 0 Å². The van der Waals surface area contributed by atoms with Crippen LogP contribution in [0.1, 0.15) is 54.5 Å². The van der Waals surface area contributed by atoms with Gasteiger partial charge in [0.05, 0.1) is 30.7 Å². The number of esters is 1. The highest BCUT2D eigenvalue weighted by Gasteiger charge is 2.35. The zero-order valence-electron chi connectivity index (χ0n) is 23.0. The van der Waals surface area contributed by atoms with Gasteiger partial charge in [-0.05, 0) is 48.2 Å². The number of carbonyl (C=O) groups excluding carboxylic acids is 3. The van der Waals surface area contributed by atoms with E-state index in [1.807, 2.05) is 24.3 Å². The first-order valence-corrected chi connectivity index (χ1v) is 13.6. The molecule has 0 bridgehead atoms. The number of ether oxygens (including phenoxy) is 1. The van der Waals surface area contributed by atoms with Crippen LogP contribution in [-0.2, 0) is 15.7 Å². The van der Waals surface area contributed by atoms with E-state index in [2.05, 4.69) is 21.3 Å². The maximum atomic E-state index is 13.4. The van der Waals surface area contributed by atoms with Crippen molar-refractivity contribution in [2.75, 3.05) is 12.4 Å². The standard InChI is InChI=1S/C31H33F3N4O4/c1-42-28(39)24-14-8-9-15-25(24)36-30(41)38-27(21-12-6-3-7-13-21)26(20-10-4-2-5-11-20)37-29(40)35-23-18-16-22(17-19-23)31(32,33)34/h2-7,10-13,16-19,24-27H,8-9,14-15H2,1H3,(H2,35,37,40)(H2,36,38,41). The molecule has 0 saturated heterocycles. The fraction of sp³-hybridized carbons (Fsp3) is 0.323. The number of methoxy groups -OCH3 is 1. The van der Waals surface area contributed by atoms with Crippen LogP contribution in [0.4, 0.5) is 28.4 Å². The molecule has 1 aliphatic rings. The molecule has 3 aromatic rings. The maximum Gasteiger partial charge on any atom is 0.416 e. The minimum atomic E-state index is -4.50. The molecule has 1 fully saturated rings. The third-order valence-corrected chi connectivity index (χ3v) is 7.28. The summed E-state index contributed by atoms with van der Waals surface area (Å²) in [7, 11) is 1.32. The van der Waals surface area contributed by atoms with Gasteiger partial charge in [-0.25, -0.2) is 9.59 Å². The number of carbonyl (C=O) groups is 3. The third-order valence-electron chi connectivity index (χ3n) is 7.28. The summed E-state index contributed by atoms with van der Waals surface area (Å²) >= 11 is 0. The summed E-state index contributed by atoms with van der Waals surface area (Å²) in [5.74, 6) is -0.828. The van der Waals surface area contributed by atoms with E-state index in [0.29, 0.717) is 24.0 Å². The number of rotatable bonds is 8. The largest absolute Gasteiger partial charge is 0.469 e. The Bertz CT molecular complexity index is 1340. The van der Waals surface area contributed by atoms with Crippen molar-refractivity contribution in [3.05, 3.63) is 102 Å². The lowest BCUT2D eigenvalue weighted by atomic mass is 9.84. The van der Waals surface area contributed by atoms with Crippen LogP contribution in [0.3, 0.4) is 0 Å². The molecule has 222 valence electrons.